The van der Waals surface area contributed by atoms with Crippen molar-refractivity contribution in [3.05, 3.63) is 54.9 Å². The Bertz CT molecular complexity index is 986. The zero-order valence-electron chi connectivity index (χ0n) is 15.7. The van der Waals surface area contributed by atoms with Crippen LogP contribution in [0, 0.1) is 5.82 Å². The molecule has 0 spiro atoms. The van der Waals surface area contributed by atoms with Crippen LogP contribution >= 0.6 is 0 Å². The third-order valence-corrected chi connectivity index (χ3v) is 4.75. The Labute approximate surface area is 167 Å². The number of nitrogens with two attached hydrogens (primary N) is 1. The lowest BCUT2D eigenvalue weighted by atomic mass is 10.2. The molecule has 29 heavy (non-hydrogen) atoms. The molecule has 10 heteroatoms. The third-order valence-electron chi connectivity index (χ3n) is 4.75. The lowest BCUT2D eigenvalue weighted by molar-refractivity contribution is -0.117. The number of nitrogens with zero attached hydrogens (tertiary/aromatic N) is 6. The number of nitrogen functional groups attached to an aromatic ring is 1. The molecule has 1 aliphatic heterocycles. The maximum atomic E-state index is 13.7. The fraction of sp³-hybridized carbons (Fsp3) is 0.263. The predicted octanol–water partition coefficient (Wildman–Crippen LogP) is 1.14. The van der Waals surface area contributed by atoms with Crippen LogP contribution in [0.4, 0.5) is 21.6 Å². The number of rotatable bonds is 5. The van der Waals surface area contributed by atoms with E-state index < -0.39 is 5.82 Å². The molecular weight excluding hydrogens is 375 g/mol. The van der Waals surface area contributed by atoms with Gasteiger partial charge in [-0.3, -0.25) is 9.69 Å². The number of amides is 1. The summed E-state index contributed by atoms with van der Waals surface area (Å²) in [4.78, 5) is 24.9. The average Bonchev–Trinajstić information content (AvgIpc) is 3.25. The van der Waals surface area contributed by atoms with Gasteiger partial charge in [-0.2, -0.15) is 5.10 Å². The number of anilines is 3. The van der Waals surface area contributed by atoms with Crippen molar-refractivity contribution in [3.63, 3.8) is 0 Å². The molecule has 1 amide bonds. The third kappa shape index (κ3) is 4.16. The predicted molar refractivity (Wildman–Crippen MR) is 107 cm³/mol. The first-order valence-corrected chi connectivity index (χ1v) is 9.24. The zero-order chi connectivity index (χ0) is 20.2. The topological polar surface area (TPSA) is 105 Å². The van der Waals surface area contributed by atoms with Crippen molar-refractivity contribution >= 4 is 23.1 Å². The van der Waals surface area contributed by atoms with E-state index in [0.717, 1.165) is 0 Å². The van der Waals surface area contributed by atoms with Crippen LogP contribution in [0.25, 0.3) is 5.82 Å². The normalized spacial score (nSPS) is 14.7. The molecule has 0 saturated carbocycles. The van der Waals surface area contributed by atoms with Gasteiger partial charge < -0.3 is 16.0 Å². The Balaban J connectivity index is 1.36. The van der Waals surface area contributed by atoms with E-state index >= 15 is 0 Å². The molecule has 1 fully saturated rings. The van der Waals surface area contributed by atoms with Gasteiger partial charge in [0.05, 0.1) is 12.2 Å². The lowest BCUT2D eigenvalue weighted by Gasteiger charge is -2.35. The van der Waals surface area contributed by atoms with E-state index in [1.807, 2.05) is 4.90 Å². The smallest absolute Gasteiger partial charge is 0.238 e. The van der Waals surface area contributed by atoms with E-state index in [1.165, 1.54) is 12.4 Å². The van der Waals surface area contributed by atoms with Crippen LogP contribution < -0.4 is 16.0 Å². The minimum absolute atomic E-state index is 0.191. The molecule has 3 heterocycles. The van der Waals surface area contributed by atoms with E-state index in [-0.39, 0.29) is 18.1 Å². The summed E-state index contributed by atoms with van der Waals surface area (Å²) >= 11 is 0. The molecule has 1 saturated heterocycles. The second-order valence-corrected chi connectivity index (χ2v) is 6.68. The van der Waals surface area contributed by atoms with Crippen LogP contribution in [-0.4, -0.2) is 63.3 Å². The van der Waals surface area contributed by atoms with Crippen molar-refractivity contribution < 1.29 is 9.18 Å². The molecule has 1 aliphatic rings. The number of halogens is 1. The molecule has 0 aliphatic carbocycles. The molecule has 1 aromatic carbocycles. The minimum Gasteiger partial charge on any atom is -0.393 e. The molecule has 3 N–H and O–H groups in total. The summed E-state index contributed by atoms with van der Waals surface area (Å²) in [6, 6.07) is 7.92. The van der Waals surface area contributed by atoms with Crippen molar-refractivity contribution in [1.29, 1.82) is 0 Å². The zero-order valence-corrected chi connectivity index (χ0v) is 15.7. The highest BCUT2D eigenvalue weighted by Gasteiger charge is 2.23. The van der Waals surface area contributed by atoms with Crippen LogP contribution in [0.3, 0.4) is 0 Å². The quantitative estimate of drug-likeness (QED) is 0.666. The Hall–Kier alpha value is -3.53. The highest BCUT2D eigenvalue weighted by Crippen LogP contribution is 2.25. The monoisotopic (exact) mass is 396 g/mol. The summed E-state index contributed by atoms with van der Waals surface area (Å²) in [6.45, 7) is 2.83. The lowest BCUT2D eigenvalue weighted by Crippen LogP contribution is -2.49. The highest BCUT2D eigenvalue weighted by atomic mass is 19.1. The molecule has 0 bridgehead atoms. The molecule has 0 atom stereocenters. The first kappa shape index (κ1) is 18.8. The molecule has 150 valence electrons. The van der Waals surface area contributed by atoms with E-state index in [1.54, 1.807) is 41.3 Å². The second kappa shape index (κ2) is 8.23. The van der Waals surface area contributed by atoms with Crippen LogP contribution in [0.2, 0.25) is 0 Å². The van der Waals surface area contributed by atoms with Crippen molar-refractivity contribution in [2.75, 3.05) is 48.7 Å². The van der Waals surface area contributed by atoms with Gasteiger partial charge in [0.15, 0.2) is 11.6 Å². The van der Waals surface area contributed by atoms with Crippen molar-refractivity contribution in [2.45, 2.75) is 0 Å². The summed E-state index contributed by atoms with van der Waals surface area (Å²) in [5.41, 5.74) is 6.93. The Morgan fingerprint density at radius 3 is 2.59 bits per heavy atom. The summed E-state index contributed by atoms with van der Waals surface area (Å²) in [6.07, 6.45) is 4.90. The van der Waals surface area contributed by atoms with Gasteiger partial charge in [0.25, 0.3) is 0 Å². The van der Waals surface area contributed by atoms with Gasteiger partial charge in [0.1, 0.15) is 17.8 Å². The van der Waals surface area contributed by atoms with Crippen LogP contribution in [0.1, 0.15) is 0 Å². The van der Waals surface area contributed by atoms with E-state index in [2.05, 4.69) is 25.3 Å². The number of piperazine rings is 1. The summed E-state index contributed by atoms with van der Waals surface area (Å²) in [5, 5.41) is 6.78. The van der Waals surface area contributed by atoms with E-state index in [0.29, 0.717) is 43.5 Å². The minimum atomic E-state index is -0.446. The van der Waals surface area contributed by atoms with Crippen molar-refractivity contribution in [2.24, 2.45) is 0 Å². The number of aromatic nitrogens is 4. The SMILES string of the molecule is Nc1c(N2CCN(CC(=O)Nc3ccccc3F)CC2)ncnc1-n1cccn1. The number of benzene rings is 1. The van der Waals surface area contributed by atoms with Crippen LogP contribution in [0.15, 0.2) is 49.1 Å². The van der Waals surface area contributed by atoms with Crippen LogP contribution in [-0.2, 0) is 4.79 Å². The number of carbonyl (C=O) groups is 1. The molecule has 0 unspecified atom stereocenters. The van der Waals surface area contributed by atoms with Crippen molar-refractivity contribution in [3.8, 4) is 5.82 Å². The number of hydrogen-bond donors (Lipinski definition) is 2. The first-order valence-electron chi connectivity index (χ1n) is 9.24. The number of carbonyl (C=O) groups excluding carboxylic acids is 1. The fourth-order valence-corrected chi connectivity index (χ4v) is 3.28. The Morgan fingerprint density at radius 2 is 1.86 bits per heavy atom. The second-order valence-electron chi connectivity index (χ2n) is 6.68. The van der Waals surface area contributed by atoms with Gasteiger partial charge in [-0.25, -0.2) is 19.0 Å². The van der Waals surface area contributed by atoms with Gasteiger partial charge in [0.2, 0.25) is 5.91 Å². The van der Waals surface area contributed by atoms with Gasteiger partial charge in [0, 0.05) is 38.6 Å². The number of nitrogens with one attached hydrogen (secondary N) is 1. The largest absolute Gasteiger partial charge is 0.393 e. The maximum absolute atomic E-state index is 13.7. The molecule has 9 nitrogen and oxygen atoms in total. The Morgan fingerprint density at radius 1 is 1.10 bits per heavy atom. The fourth-order valence-electron chi connectivity index (χ4n) is 3.28. The summed E-state index contributed by atoms with van der Waals surface area (Å²) in [7, 11) is 0. The van der Waals surface area contributed by atoms with Crippen LogP contribution in [0.5, 0.6) is 0 Å². The van der Waals surface area contributed by atoms with E-state index in [4.69, 9.17) is 5.73 Å². The average molecular weight is 396 g/mol. The van der Waals surface area contributed by atoms with Crippen molar-refractivity contribution in [1.82, 2.24) is 24.6 Å². The maximum Gasteiger partial charge on any atom is 0.238 e. The number of hydrogen-bond acceptors (Lipinski definition) is 7. The molecule has 3 aromatic rings. The van der Waals surface area contributed by atoms with E-state index in [9.17, 15) is 9.18 Å². The van der Waals surface area contributed by atoms with Gasteiger partial charge in [-0.15, -0.1) is 0 Å². The summed E-state index contributed by atoms with van der Waals surface area (Å²) < 4.78 is 15.3. The summed E-state index contributed by atoms with van der Waals surface area (Å²) in [5.74, 6) is 0.497. The number of para-hydroxylation sites is 1. The highest BCUT2D eigenvalue weighted by molar-refractivity contribution is 5.92. The van der Waals surface area contributed by atoms with Gasteiger partial charge in [-0.05, 0) is 18.2 Å². The molecule has 0 radical (unpaired) electrons. The standard InChI is InChI=1S/C19H21FN8O/c20-14-4-1-2-5-15(14)25-16(29)12-26-8-10-27(11-9-26)18-17(21)19(23-13-22-18)28-7-3-6-24-28/h1-7,13H,8-12,21H2,(H,25,29). The molecular formula is C19H21FN8O. The first-order chi connectivity index (χ1) is 14.1. The van der Waals surface area contributed by atoms with Gasteiger partial charge >= 0.3 is 0 Å². The molecule has 2 aromatic heterocycles. The Kier molecular flexibility index (Phi) is 5.34. The van der Waals surface area contributed by atoms with Gasteiger partial charge in [-0.1, -0.05) is 12.1 Å². The molecule has 4 rings (SSSR count).